The van der Waals surface area contributed by atoms with Crippen LogP contribution in [0.3, 0.4) is 0 Å². The number of anilines is 2. The summed E-state index contributed by atoms with van der Waals surface area (Å²) in [7, 11) is -4.43. The van der Waals surface area contributed by atoms with Gasteiger partial charge in [-0.1, -0.05) is 90.1 Å². The van der Waals surface area contributed by atoms with E-state index in [-0.39, 0.29) is 54.8 Å². The number of hydrogen-bond donors (Lipinski definition) is 5. The number of nitrogens with two attached hydrogens (primary N) is 1. The van der Waals surface area contributed by atoms with Crippen LogP contribution in [0, 0.1) is 22.2 Å². The van der Waals surface area contributed by atoms with Crippen LogP contribution in [0.4, 0.5) is 11.5 Å². The summed E-state index contributed by atoms with van der Waals surface area (Å²) in [5.41, 5.74) is 5.34. The van der Waals surface area contributed by atoms with Gasteiger partial charge in [-0.2, -0.15) is 10.4 Å². The van der Waals surface area contributed by atoms with Crippen molar-refractivity contribution in [3.63, 3.8) is 0 Å². The summed E-state index contributed by atoms with van der Waals surface area (Å²) < 4.78 is 39.8. The first-order valence-electron chi connectivity index (χ1n) is 18.6. The molecule has 5 rings (SSSR count). The van der Waals surface area contributed by atoms with Gasteiger partial charge in [-0.3, -0.25) is 14.1 Å². The second-order valence-corrected chi connectivity index (χ2v) is 18.3. The van der Waals surface area contributed by atoms with Crippen LogP contribution in [0.15, 0.2) is 73.1 Å². The molecule has 0 amide bonds. The molecule has 0 radical (unpaired) electrons. The molecule has 0 aliphatic carbocycles. The number of hydrogen-bond acceptors (Lipinski definition) is 13. The lowest BCUT2D eigenvalue weighted by Crippen LogP contribution is -2.42. The van der Waals surface area contributed by atoms with Gasteiger partial charge in [0.2, 0.25) is 5.60 Å². The van der Waals surface area contributed by atoms with Gasteiger partial charge in [0, 0.05) is 12.1 Å². The van der Waals surface area contributed by atoms with Gasteiger partial charge in [-0.15, -0.1) is 0 Å². The van der Waals surface area contributed by atoms with E-state index in [9.17, 15) is 25.1 Å². The number of nitrogen functional groups attached to an aromatic ring is 1. The topological polar surface area (TPSA) is 233 Å². The molecule has 17 heteroatoms. The molecule has 0 spiro atoms. The van der Waals surface area contributed by atoms with Crippen LogP contribution >= 0.6 is 7.67 Å². The fourth-order valence-corrected chi connectivity index (χ4v) is 7.77. The molecule has 16 nitrogen and oxygen atoms in total. The Bertz CT molecular complexity index is 2110. The van der Waals surface area contributed by atoms with Crippen LogP contribution in [0.1, 0.15) is 64.8 Å². The highest BCUT2D eigenvalue weighted by Crippen LogP contribution is 2.47. The first-order chi connectivity index (χ1) is 26.8. The molecule has 3 heterocycles. The third-order valence-electron chi connectivity index (χ3n) is 9.00. The Labute approximate surface area is 332 Å². The van der Waals surface area contributed by atoms with Gasteiger partial charge in [0.15, 0.2) is 5.82 Å². The fraction of sp³-hybridized carbons (Fsp3) is 0.475. The number of nitrogens with one attached hydrogen (secondary N) is 2. The number of benzene rings is 2. The van der Waals surface area contributed by atoms with Gasteiger partial charge in [0.25, 0.3) is 0 Å². The first-order valence-corrected chi connectivity index (χ1v) is 20.2. The van der Waals surface area contributed by atoms with Gasteiger partial charge in [-0.25, -0.2) is 19.2 Å². The molecule has 6 N–H and O–H groups in total. The van der Waals surface area contributed by atoms with E-state index in [1.54, 1.807) is 30.3 Å². The van der Waals surface area contributed by atoms with Gasteiger partial charge >= 0.3 is 19.6 Å². The van der Waals surface area contributed by atoms with E-state index in [1.165, 1.54) is 16.9 Å². The highest BCUT2D eigenvalue weighted by molar-refractivity contribution is 7.58. The van der Waals surface area contributed by atoms with E-state index < -0.39 is 56.2 Å². The van der Waals surface area contributed by atoms with Crippen LogP contribution in [-0.4, -0.2) is 80.9 Å². The SMILES string of the molecule is CC(C)(C)COC(=O)CCc1ccccc1N[P@](=O)(N[C@@H](Cc1ccccc1)C(=O)OCC(C)(C)C)OC[C@H]1O[C@@](C#N)(c2ccc3c(N)ncnn23)[C@H](O)[C@@H]1O. The maximum absolute atomic E-state index is 15.2. The van der Waals surface area contributed by atoms with Gasteiger partial charge in [0.05, 0.1) is 25.5 Å². The summed E-state index contributed by atoms with van der Waals surface area (Å²) in [6.45, 7) is 11.3. The molecule has 0 unspecified atom stereocenters. The zero-order valence-corrected chi connectivity index (χ0v) is 33.9. The predicted molar refractivity (Wildman–Crippen MR) is 211 cm³/mol. The first kappa shape index (κ1) is 43.2. The molecule has 0 saturated carbocycles. The molecule has 1 saturated heterocycles. The molecule has 2 aromatic heterocycles. The Kier molecular flexibility index (Phi) is 13.4. The van der Waals surface area contributed by atoms with Crippen LogP contribution in [0.5, 0.6) is 0 Å². The average molecular weight is 806 g/mol. The number of carbonyl (C=O) groups is 2. The lowest BCUT2D eigenvalue weighted by molar-refractivity contribution is -0.148. The maximum atomic E-state index is 15.2. The lowest BCUT2D eigenvalue weighted by Gasteiger charge is -2.29. The molecule has 57 heavy (non-hydrogen) atoms. The van der Waals surface area contributed by atoms with Gasteiger partial charge < -0.3 is 35.2 Å². The third-order valence-corrected chi connectivity index (χ3v) is 10.7. The van der Waals surface area contributed by atoms with E-state index in [0.29, 0.717) is 16.8 Å². The van der Waals surface area contributed by atoms with Crippen molar-refractivity contribution in [2.24, 2.45) is 10.8 Å². The molecule has 1 aliphatic rings. The zero-order chi connectivity index (χ0) is 41.6. The molecular formula is C40H52N7O9P. The normalized spacial score (nSPS) is 21.4. The molecular weight excluding hydrogens is 753 g/mol. The fourth-order valence-electron chi connectivity index (χ4n) is 6.07. The number of aryl methyl sites for hydroxylation is 1. The number of nitrogens with zero attached hydrogens (tertiary/aromatic N) is 4. The van der Waals surface area contributed by atoms with Gasteiger partial charge in [0.1, 0.15) is 42.3 Å². The number of rotatable bonds is 16. The smallest absolute Gasteiger partial charge is 0.366 e. The van der Waals surface area contributed by atoms with Crippen molar-refractivity contribution in [2.75, 3.05) is 30.6 Å². The Morgan fingerprint density at radius 2 is 1.68 bits per heavy atom. The minimum absolute atomic E-state index is 0.0321. The van der Waals surface area contributed by atoms with Crippen LogP contribution < -0.4 is 15.9 Å². The lowest BCUT2D eigenvalue weighted by atomic mass is 9.92. The van der Waals surface area contributed by atoms with Gasteiger partial charge in [-0.05, 0) is 53.0 Å². The van der Waals surface area contributed by atoms with Crippen molar-refractivity contribution < 1.29 is 43.1 Å². The minimum Gasteiger partial charge on any atom is -0.465 e. The maximum Gasteiger partial charge on any atom is 0.366 e. The number of esters is 2. The number of fused-ring (bicyclic) bond motifs is 1. The standard InChI is InChI=1S/C40H52N7O9P/c1-38(2,3)23-53-33(48)19-16-27-14-10-11-15-28(27)45-57(52,46-29(20-26-12-8-7-9-13-26)37(51)54-24-39(4,5)6)55-21-31-34(49)35(50)40(22-41,56-31)32-18-17-30-36(42)43-25-44-47(30)32/h7-15,17-18,25,29,31,34-35,49-50H,16,19-21,23-24H2,1-6H3,(H2,42,43,44)(H2,45,46,52)/t29-,31+,34+,35+,40-,57+/m0/s1. The molecule has 2 aromatic carbocycles. The van der Waals surface area contributed by atoms with E-state index in [2.05, 4.69) is 20.3 Å². The average Bonchev–Trinajstić information content (AvgIpc) is 3.71. The summed E-state index contributed by atoms with van der Waals surface area (Å²) in [6, 6.07) is 19.7. The van der Waals surface area contributed by atoms with Crippen molar-refractivity contribution in [3.8, 4) is 6.07 Å². The summed E-state index contributed by atoms with van der Waals surface area (Å²) in [6.07, 6.45) is -3.43. The molecule has 1 aliphatic heterocycles. The highest BCUT2D eigenvalue weighted by atomic mass is 31.2. The quantitative estimate of drug-likeness (QED) is 0.0763. The summed E-state index contributed by atoms with van der Waals surface area (Å²) in [5, 5.41) is 43.1. The van der Waals surface area contributed by atoms with Crippen LogP contribution in [0.2, 0.25) is 0 Å². The number of carbonyl (C=O) groups excluding carboxylic acids is 2. The molecule has 306 valence electrons. The van der Waals surface area contributed by atoms with Crippen molar-refractivity contribution >= 4 is 36.6 Å². The Balaban J connectivity index is 1.45. The third kappa shape index (κ3) is 11.0. The summed E-state index contributed by atoms with van der Waals surface area (Å²) >= 11 is 0. The molecule has 0 bridgehead atoms. The zero-order valence-electron chi connectivity index (χ0n) is 33.0. The largest absolute Gasteiger partial charge is 0.465 e. The van der Waals surface area contributed by atoms with Crippen molar-refractivity contribution in [1.29, 1.82) is 5.26 Å². The number of aliphatic hydroxyl groups excluding tert-OH is 2. The summed E-state index contributed by atoms with van der Waals surface area (Å²) in [5.74, 6) is -0.978. The molecule has 6 atom stereocenters. The van der Waals surface area contributed by atoms with Crippen molar-refractivity contribution in [1.82, 2.24) is 19.7 Å². The Hall–Kier alpha value is -4.88. The minimum atomic E-state index is -4.43. The van der Waals surface area contributed by atoms with Crippen molar-refractivity contribution in [2.45, 2.75) is 90.8 Å². The van der Waals surface area contributed by atoms with Crippen molar-refractivity contribution in [3.05, 3.63) is 89.9 Å². The van der Waals surface area contributed by atoms with E-state index in [0.717, 1.165) is 5.56 Å². The van der Waals surface area contributed by atoms with Crippen LogP contribution in [-0.2, 0) is 51.3 Å². The van der Waals surface area contributed by atoms with Crippen LogP contribution in [0.25, 0.3) is 5.52 Å². The summed E-state index contributed by atoms with van der Waals surface area (Å²) in [4.78, 5) is 30.4. The number of ether oxygens (including phenoxy) is 3. The molecule has 1 fully saturated rings. The number of para-hydroxylation sites is 1. The second-order valence-electron chi connectivity index (χ2n) is 16.5. The molecule has 4 aromatic rings. The van der Waals surface area contributed by atoms with E-state index in [4.69, 9.17) is 24.5 Å². The predicted octanol–water partition coefficient (Wildman–Crippen LogP) is 4.70. The second kappa shape index (κ2) is 17.7. The van der Waals surface area contributed by atoms with E-state index in [1.807, 2.05) is 77.9 Å². The number of aromatic nitrogens is 3. The monoisotopic (exact) mass is 805 g/mol. The Morgan fingerprint density at radius 3 is 2.37 bits per heavy atom. The van der Waals surface area contributed by atoms with E-state index >= 15 is 4.57 Å². The number of aliphatic hydroxyl groups is 2. The number of nitriles is 1. The Morgan fingerprint density at radius 1 is 1.02 bits per heavy atom. The highest BCUT2D eigenvalue weighted by Gasteiger charge is 2.58.